The zero-order chi connectivity index (χ0) is 31.1. The molecule has 3 amide bonds. The van der Waals surface area contributed by atoms with Crippen molar-refractivity contribution in [3.8, 4) is 0 Å². The zero-order valence-electron chi connectivity index (χ0n) is 26.8. The minimum absolute atomic E-state index is 0.0966. The Bertz CT molecular complexity index is 1080. The van der Waals surface area contributed by atoms with Gasteiger partial charge in [-0.3, -0.25) is 9.59 Å². The van der Waals surface area contributed by atoms with Crippen LogP contribution in [0, 0.1) is 5.92 Å². The number of ether oxygens (including phenoxy) is 1. The Morgan fingerprint density at radius 1 is 1.16 bits per heavy atom. The Hall–Kier alpha value is -2.95. The molecule has 0 bridgehead atoms. The van der Waals surface area contributed by atoms with Gasteiger partial charge in [-0.2, -0.15) is 5.11 Å². The number of aliphatic hydroxyl groups excluding tert-OH is 1. The average molecular weight is 601 g/mol. The van der Waals surface area contributed by atoms with Gasteiger partial charge in [0.1, 0.15) is 5.60 Å². The van der Waals surface area contributed by atoms with Crippen molar-refractivity contribution < 1.29 is 24.2 Å². The number of carbonyl (C=O) groups excluding carboxylic acids is 3. The fraction of sp³-hybridized carbons (Fsp3) is 0.781. The smallest absolute Gasteiger partial charge is 0.410 e. The van der Waals surface area contributed by atoms with Crippen LogP contribution >= 0.6 is 0 Å². The largest absolute Gasteiger partial charge is 0.444 e. The van der Waals surface area contributed by atoms with Gasteiger partial charge in [0.05, 0.1) is 18.1 Å². The summed E-state index contributed by atoms with van der Waals surface area (Å²) in [7, 11) is 0. The number of likely N-dealkylation sites (tertiary alicyclic amines) is 2. The highest BCUT2D eigenvalue weighted by molar-refractivity contribution is 5.84. The number of hydrogen-bond acceptors (Lipinski definition) is 8. The minimum Gasteiger partial charge on any atom is -0.444 e. The monoisotopic (exact) mass is 600 g/mol. The van der Waals surface area contributed by atoms with Gasteiger partial charge in [-0.25, -0.2) is 9.80 Å². The van der Waals surface area contributed by atoms with Gasteiger partial charge in [-0.15, -0.1) is 0 Å². The lowest BCUT2D eigenvalue weighted by molar-refractivity contribution is -0.141. The molecule has 2 saturated heterocycles. The molecular weight excluding hydrogens is 548 g/mol. The van der Waals surface area contributed by atoms with E-state index in [1.54, 1.807) is 4.90 Å². The quantitative estimate of drug-likeness (QED) is 0.364. The van der Waals surface area contributed by atoms with Crippen LogP contribution in [0.3, 0.4) is 0 Å². The summed E-state index contributed by atoms with van der Waals surface area (Å²) in [6.07, 6.45) is 12.5. The van der Waals surface area contributed by atoms with Crippen molar-refractivity contribution in [3.05, 3.63) is 23.9 Å². The number of aliphatic hydroxyl groups is 1. The Labute approximate surface area is 256 Å². The SMILES string of the molecule is CC(C)CN(C(=O)C1N=NN(C2=CC=CCC2)C1CCCCO)[C@H]1C[C@@H](N2CCCCC2=O)CN(C(=O)OC(C)(C)C)C1. The normalized spacial score (nSPS) is 26.3. The molecule has 3 heterocycles. The van der Waals surface area contributed by atoms with E-state index in [9.17, 15) is 19.5 Å². The molecule has 4 aliphatic rings. The first-order valence-electron chi connectivity index (χ1n) is 16.2. The third-order valence-corrected chi connectivity index (χ3v) is 8.54. The van der Waals surface area contributed by atoms with E-state index in [1.807, 2.05) is 47.7 Å². The number of rotatable bonds is 10. The van der Waals surface area contributed by atoms with Gasteiger partial charge in [0, 0.05) is 44.9 Å². The first kappa shape index (κ1) is 33.0. The second-order valence-electron chi connectivity index (χ2n) is 13.8. The topological polar surface area (TPSA) is 118 Å². The van der Waals surface area contributed by atoms with E-state index in [0.29, 0.717) is 51.9 Å². The first-order chi connectivity index (χ1) is 20.5. The van der Waals surface area contributed by atoms with E-state index >= 15 is 0 Å². The number of carbonyl (C=O) groups is 3. The molecule has 43 heavy (non-hydrogen) atoms. The highest BCUT2D eigenvalue weighted by Gasteiger charge is 2.45. The fourth-order valence-electron chi connectivity index (χ4n) is 6.57. The molecule has 4 atom stereocenters. The van der Waals surface area contributed by atoms with Gasteiger partial charge in [0.15, 0.2) is 6.04 Å². The molecule has 2 fully saturated rings. The lowest BCUT2D eigenvalue weighted by atomic mass is 9.93. The molecule has 0 aromatic heterocycles. The van der Waals surface area contributed by atoms with Crippen molar-refractivity contribution in [2.75, 3.05) is 32.8 Å². The number of unbranched alkanes of at least 4 members (excludes halogenated alkanes) is 1. The second-order valence-corrected chi connectivity index (χ2v) is 13.8. The van der Waals surface area contributed by atoms with Crippen LogP contribution in [-0.2, 0) is 14.3 Å². The Morgan fingerprint density at radius 2 is 1.95 bits per heavy atom. The van der Waals surface area contributed by atoms with Crippen molar-refractivity contribution >= 4 is 17.9 Å². The van der Waals surface area contributed by atoms with Crippen LogP contribution in [0.4, 0.5) is 4.79 Å². The van der Waals surface area contributed by atoms with Crippen molar-refractivity contribution in [2.45, 2.75) is 122 Å². The standard InChI is InChI=1S/C32H52N6O5/c1-23(2)20-37(30(41)29-27(15-10-12-18-39)38(34-33-29)24-13-7-6-8-14-24)26-19-25(36-17-11-9-16-28(36)40)21-35(22-26)31(42)43-32(3,4)5/h6-7,13,23,25-27,29,39H,8-12,14-22H2,1-5H3/t25-,26+,27?,29?/m1/s1. The molecule has 1 N–H and O–H groups in total. The predicted molar refractivity (Wildman–Crippen MR) is 164 cm³/mol. The van der Waals surface area contributed by atoms with Crippen LogP contribution in [-0.4, -0.2) is 105 Å². The van der Waals surface area contributed by atoms with E-state index in [0.717, 1.165) is 37.8 Å². The Morgan fingerprint density at radius 3 is 2.60 bits per heavy atom. The summed E-state index contributed by atoms with van der Waals surface area (Å²) < 4.78 is 5.77. The summed E-state index contributed by atoms with van der Waals surface area (Å²) in [5.41, 5.74) is 0.384. The van der Waals surface area contributed by atoms with E-state index in [1.165, 1.54) is 0 Å². The maximum Gasteiger partial charge on any atom is 0.410 e. The summed E-state index contributed by atoms with van der Waals surface area (Å²) in [6, 6.07) is -1.41. The fourth-order valence-corrected chi connectivity index (χ4v) is 6.57. The number of piperidine rings is 2. The third-order valence-electron chi connectivity index (χ3n) is 8.54. The first-order valence-corrected chi connectivity index (χ1v) is 16.2. The second kappa shape index (κ2) is 14.7. The molecule has 0 saturated carbocycles. The highest BCUT2D eigenvalue weighted by Crippen LogP contribution is 2.33. The maximum atomic E-state index is 14.6. The lowest BCUT2D eigenvalue weighted by Crippen LogP contribution is -2.62. The van der Waals surface area contributed by atoms with Gasteiger partial charge in [0.25, 0.3) is 5.91 Å². The highest BCUT2D eigenvalue weighted by atomic mass is 16.6. The molecule has 1 aliphatic carbocycles. The van der Waals surface area contributed by atoms with E-state index in [-0.39, 0.29) is 42.5 Å². The van der Waals surface area contributed by atoms with Crippen LogP contribution in [0.15, 0.2) is 34.3 Å². The van der Waals surface area contributed by atoms with Gasteiger partial charge >= 0.3 is 6.09 Å². The molecule has 0 aromatic carbocycles. The molecule has 0 aromatic rings. The summed E-state index contributed by atoms with van der Waals surface area (Å²) in [5, 5.41) is 20.4. The molecule has 0 radical (unpaired) electrons. The van der Waals surface area contributed by atoms with Gasteiger partial charge in [-0.1, -0.05) is 31.2 Å². The third kappa shape index (κ3) is 8.58. The van der Waals surface area contributed by atoms with E-state index in [4.69, 9.17) is 4.74 Å². The maximum absolute atomic E-state index is 14.6. The van der Waals surface area contributed by atoms with Gasteiger partial charge in [-0.05, 0) is 84.1 Å². The molecular formula is C32H52N6O5. The van der Waals surface area contributed by atoms with E-state index < -0.39 is 17.7 Å². The molecule has 2 unspecified atom stereocenters. The predicted octanol–water partition coefficient (Wildman–Crippen LogP) is 4.68. The molecule has 11 heteroatoms. The Kier molecular flexibility index (Phi) is 11.3. The minimum atomic E-state index is -0.684. The molecule has 3 aliphatic heterocycles. The Balaban J connectivity index is 1.62. The lowest BCUT2D eigenvalue weighted by Gasteiger charge is -2.47. The number of nitrogens with zero attached hydrogens (tertiary/aromatic N) is 6. The van der Waals surface area contributed by atoms with Gasteiger partial charge in [0.2, 0.25) is 5.91 Å². The zero-order valence-corrected chi connectivity index (χ0v) is 26.8. The van der Waals surface area contributed by atoms with Crippen LogP contribution in [0.25, 0.3) is 0 Å². The van der Waals surface area contributed by atoms with Gasteiger partial charge < -0.3 is 24.5 Å². The number of allylic oxidation sites excluding steroid dienone is 4. The average Bonchev–Trinajstić information content (AvgIpc) is 3.39. The van der Waals surface area contributed by atoms with Crippen LogP contribution in [0.2, 0.25) is 0 Å². The van der Waals surface area contributed by atoms with Crippen molar-refractivity contribution in [3.63, 3.8) is 0 Å². The summed E-state index contributed by atoms with van der Waals surface area (Å²) >= 11 is 0. The van der Waals surface area contributed by atoms with Crippen LogP contribution in [0.5, 0.6) is 0 Å². The van der Waals surface area contributed by atoms with Crippen LogP contribution in [0.1, 0.15) is 92.4 Å². The number of hydrogen-bond donors (Lipinski definition) is 1. The van der Waals surface area contributed by atoms with Crippen molar-refractivity contribution in [1.82, 2.24) is 19.7 Å². The van der Waals surface area contributed by atoms with Crippen molar-refractivity contribution in [1.29, 1.82) is 0 Å². The molecule has 4 rings (SSSR count). The summed E-state index contributed by atoms with van der Waals surface area (Å²) in [4.78, 5) is 46.4. The molecule has 11 nitrogen and oxygen atoms in total. The number of amides is 3. The van der Waals surface area contributed by atoms with E-state index in [2.05, 4.69) is 30.3 Å². The molecule has 240 valence electrons. The van der Waals surface area contributed by atoms with Crippen molar-refractivity contribution in [2.24, 2.45) is 16.3 Å². The summed E-state index contributed by atoms with van der Waals surface area (Å²) in [5.74, 6) is 0.201. The summed E-state index contributed by atoms with van der Waals surface area (Å²) in [6.45, 7) is 11.7. The van der Waals surface area contributed by atoms with Crippen LogP contribution < -0.4 is 0 Å². The molecule has 0 spiro atoms.